The van der Waals surface area contributed by atoms with Gasteiger partial charge in [0.1, 0.15) is 0 Å². The summed E-state index contributed by atoms with van der Waals surface area (Å²) in [7, 11) is -0.290. The SMILES string of the molecule is CC(C)c1cccc(-c2ccc(S(=O)(=O)N(C)C)cc2)c1. The van der Waals surface area contributed by atoms with Crippen molar-refractivity contribution in [3.05, 3.63) is 54.1 Å². The fourth-order valence-electron chi connectivity index (χ4n) is 2.11. The van der Waals surface area contributed by atoms with Crippen molar-refractivity contribution in [1.82, 2.24) is 4.31 Å². The summed E-state index contributed by atoms with van der Waals surface area (Å²) in [5, 5.41) is 0. The van der Waals surface area contributed by atoms with Crippen molar-refractivity contribution in [2.24, 2.45) is 0 Å². The van der Waals surface area contributed by atoms with E-state index in [-0.39, 0.29) is 0 Å². The Kier molecular flexibility index (Phi) is 4.49. The third-order valence-electron chi connectivity index (χ3n) is 3.52. The van der Waals surface area contributed by atoms with E-state index in [1.54, 1.807) is 12.1 Å². The van der Waals surface area contributed by atoms with Gasteiger partial charge in [0.2, 0.25) is 10.0 Å². The lowest BCUT2D eigenvalue weighted by Crippen LogP contribution is -2.22. The van der Waals surface area contributed by atoms with Crippen LogP contribution in [0.15, 0.2) is 53.4 Å². The van der Waals surface area contributed by atoms with Crippen LogP contribution in [0.3, 0.4) is 0 Å². The molecule has 0 spiro atoms. The molecule has 3 nitrogen and oxygen atoms in total. The average Bonchev–Trinajstić information content (AvgIpc) is 2.47. The maximum absolute atomic E-state index is 12.0. The second-order valence-corrected chi connectivity index (χ2v) is 7.74. The first-order valence-corrected chi connectivity index (χ1v) is 8.39. The molecule has 0 aliphatic rings. The van der Waals surface area contributed by atoms with Gasteiger partial charge in [0.15, 0.2) is 0 Å². The molecular formula is C17H21NO2S. The Morgan fingerprint density at radius 3 is 2.05 bits per heavy atom. The summed E-state index contributed by atoms with van der Waals surface area (Å²) in [4.78, 5) is 0.316. The third kappa shape index (κ3) is 3.34. The van der Waals surface area contributed by atoms with Gasteiger partial charge in [-0.25, -0.2) is 12.7 Å². The molecule has 0 aliphatic heterocycles. The second kappa shape index (κ2) is 6.00. The van der Waals surface area contributed by atoms with E-state index in [1.807, 2.05) is 24.3 Å². The van der Waals surface area contributed by atoms with Gasteiger partial charge >= 0.3 is 0 Å². The van der Waals surface area contributed by atoms with E-state index in [0.29, 0.717) is 10.8 Å². The van der Waals surface area contributed by atoms with Gasteiger partial charge in [-0.2, -0.15) is 0 Å². The van der Waals surface area contributed by atoms with E-state index < -0.39 is 10.0 Å². The quantitative estimate of drug-likeness (QED) is 0.863. The highest BCUT2D eigenvalue weighted by Crippen LogP contribution is 2.25. The van der Waals surface area contributed by atoms with E-state index in [2.05, 4.69) is 26.0 Å². The largest absolute Gasteiger partial charge is 0.242 e. The first-order chi connectivity index (χ1) is 9.82. The maximum Gasteiger partial charge on any atom is 0.242 e. The van der Waals surface area contributed by atoms with Crippen LogP contribution in [0.1, 0.15) is 25.3 Å². The zero-order valence-electron chi connectivity index (χ0n) is 12.9. The summed E-state index contributed by atoms with van der Waals surface area (Å²) >= 11 is 0. The molecule has 0 bridgehead atoms. The molecule has 0 unspecified atom stereocenters. The van der Waals surface area contributed by atoms with Gasteiger partial charge in [0, 0.05) is 14.1 Å². The van der Waals surface area contributed by atoms with E-state index in [9.17, 15) is 8.42 Å². The molecule has 0 heterocycles. The normalized spacial score (nSPS) is 12.1. The summed E-state index contributed by atoms with van der Waals surface area (Å²) < 4.78 is 25.3. The molecule has 0 aromatic heterocycles. The predicted molar refractivity (Wildman–Crippen MR) is 86.8 cm³/mol. The molecule has 2 rings (SSSR count). The van der Waals surface area contributed by atoms with E-state index in [0.717, 1.165) is 11.1 Å². The van der Waals surface area contributed by atoms with Gasteiger partial charge in [-0.15, -0.1) is 0 Å². The first-order valence-electron chi connectivity index (χ1n) is 6.95. The molecule has 2 aromatic carbocycles. The summed E-state index contributed by atoms with van der Waals surface area (Å²) in [6.07, 6.45) is 0. The van der Waals surface area contributed by atoms with Crippen LogP contribution in [0.4, 0.5) is 0 Å². The summed E-state index contributed by atoms with van der Waals surface area (Å²) in [5.41, 5.74) is 3.41. The third-order valence-corrected chi connectivity index (χ3v) is 5.35. The van der Waals surface area contributed by atoms with Crippen LogP contribution in [0, 0.1) is 0 Å². The van der Waals surface area contributed by atoms with Crippen molar-refractivity contribution >= 4 is 10.0 Å². The van der Waals surface area contributed by atoms with Gasteiger partial charge in [0.05, 0.1) is 4.90 Å². The Labute approximate surface area is 127 Å². The standard InChI is InChI=1S/C17H21NO2S/c1-13(2)15-6-5-7-16(12-15)14-8-10-17(11-9-14)21(19,20)18(3)4/h5-13H,1-4H3. The molecule has 0 N–H and O–H groups in total. The Hall–Kier alpha value is -1.65. The van der Waals surface area contributed by atoms with Crippen LogP contribution >= 0.6 is 0 Å². The number of benzene rings is 2. The Morgan fingerprint density at radius 1 is 0.905 bits per heavy atom. The predicted octanol–water partition coefficient (Wildman–Crippen LogP) is 3.73. The van der Waals surface area contributed by atoms with Crippen LogP contribution in [0.2, 0.25) is 0 Å². The fourth-order valence-corrected chi connectivity index (χ4v) is 3.01. The zero-order valence-corrected chi connectivity index (χ0v) is 13.7. The summed E-state index contributed by atoms with van der Waals surface area (Å²) in [6.45, 7) is 4.32. The zero-order chi connectivity index (χ0) is 15.6. The Balaban J connectivity index is 2.38. The van der Waals surface area contributed by atoms with Gasteiger partial charge in [-0.05, 0) is 34.7 Å². The van der Waals surface area contributed by atoms with Crippen molar-refractivity contribution in [2.45, 2.75) is 24.7 Å². The molecule has 0 saturated heterocycles. The van der Waals surface area contributed by atoms with Crippen molar-refractivity contribution in [2.75, 3.05) is 14.1 Å². The summed E-state index contributed by atoms with van der Waals surface area (Å²) in [5.74, 6) is 0.471. The van der Waals surface area contributed by atoms with Gasteiger partial charge in [0.25, 0.3) is 0 Å². The summed E-state index contributed by atoms with van der Waals surface area (Å²) in [6, 6.07) is 15.4. The molecule has 0 radical (unpaired) electrons. The molecule has 112 valence electrons. The molecular weight excluding hydrogens is 282 g/mol. The molecule has 4 heteroatoms. The second-order valence-electron chi connectivity index (χ2n) is 5.59. The van der Waals surface area contributed by atoms with Crippen LogP contribution in [-0.2, 0) is 10.0 Å². The minimum Gasteiger partial charge on any atom is -0.207 e. The first kappa shape index (κ1) is 15.7. The van der Waals surface area contributed by atoms with Crippen molar-refractivity contribution in [3.63, 3.8) is 0 Å². The van der Waals surface area contributed by atoms with Gasteiger partial charge in [-0.3, -0.25) is 0 Å². The molecule has 0 amide bonds. The van der Waals surface area contributed by atoms with Crippen molar-refractivity contribution in [3.8, 4) is 11.1 Å². The number of sulfonamides is 1. The lowest BCUT2D eigenvalue weighted by Gasteiger charge is -2.12. The highest BCUT2D eigenvalue weighted by Gasteiger charge is 2.16. The molecule has 2 aromatic rings. The van der Waals surface area contributed by atoms with Crippen molar-refractivity contribution < 1.29 is 8.42 Å². The topological polar surface area (TPSA) is 37.4 Å². The minimum absolute atomic E-state index is 0.316. The smallest absolute Gasteiger partial charge is 0.207 e. The average molecular weight is 303 g/mol. The fraction of sp³-hybridized carbons (Fsp3) is 0.294. The molecule has 0 atom stereocenters. The van der Waals surface area contributed by atoms with Crippen molar-refractivity contribution in [1.29, 1.82) is 0 Å². The van der Waals surface area contributed by atoms with Crippen LogP contribution in [-0.4, -0.2) is 26.8 Å². The number of nitrogens with zero attached hydrogens (tertiary/aromatic N) is 1. The molecule has 0 aliphatic carbocycles. The lowest BCUT2D eigenvalue weighted by atomic mass is 9.97. The van der Waals surface area contributed by atoms with Crippen LogP contribution < -0.4 is 0 Å². The highest BCUT2D eigenvalue weighted by molar-refractivity contribution is 7.89. The molecule has 0 saturated carbocycles. The number of hydrogen-bond acceptors (Lipinski definition) is 2. The van der Waals surface area contributed by atoms with Gasteiger partial charge < -0.3 is 0 Å². The number of rotatable bonds is 4. The monoisotopic (exact) mass is 303 g/mol. The minimum atomic E-state index is -3.36. The Bertz CT molecular complexity index is 717. The van der Waals surface area contributed by atoms with Gasteiger partial charge in [-0.1, -0.05) is 50.2 Å². The number of hydrogen-bond donors (Lipinski definition) is 0. The van der Waals surface area contributed by atoms with E-state index in [4.69, 9.17) is 0 Å². The maximum atomic E-state index is 12.0. The van der Waals surface area contributed by atoms with E-state index >= 15 is 0 Å². The Morgan fingerprint density at radius 2 is 1.52 bits per heavy atom. The molecule has 0 fully saturated rings. The highest BCUT2D eigenvalue weighted by atomic mass is 32.2. The molecule has 21 heavy (non-hydrogen) atoms. The van der Waals surface area contributed by atoms with Crippen LogP contribution in [0.25, 0.3) is 11.1 Å². The lowest BCUT2D eigenvalue weighted by molar-refractivity contribution is 0.521. The van der Waals surface area contributed by atoms with Crippen LogP contribution in [0.5, 0.6) is 0 Å². The van der Waals surface area contributed by atoms with E-state index in [1.165, 1.54) is 24.0 Å².